The van der Waals surface area contributed by atoms with Gasteiger partial charge in [-0.1, -0.05) is 0 Å². The van der Waals surface area contributed by atoms with Crippen molar-refractivity contribution in [2.75, 3.05) is 6.61 Å². The van der Waals surface area contributed by atoms with Crippen molar-refractivity contribution in [1.29, 1.82) is 0 Å². The SMILES string of the molecule is CCOC(=O)C(C)OC(=O)Cl. The molecule has 0 spiro atoms. The van der Waals surface area contributed by atoms with Crippen LogP contribution in [0, 0.1) is 0 Å². The van der Waals surface area contributed by atoms with Crippen LogP contribution in [0.4, 0.5) is 4.79 Å². The summed E-state index contributed by atoms with van der Waals surface area (Å²) in [5.74, 6) is -0.596. The number of esters is 1. The second kappa shape index (κ2) is 4.96. The Balaban J connectivity index is 3.73. The van der Waals surface area contributed by atoms with Crippen molar-refractivity contribution in [3.63, 3.8) is 0 Å². The molecule has 0 aliphatic heterocycles. The molecular formula is C6H9ClO4. The van der Waals surface area contributed by atoms with E-state index < -0.39 is 17.5 Å². The lowest BCUT2D eigenvalue weighted by Crippen LogP contribution is -2.24. The Hall–Kier alpha value is -0.770. The summed E-state index contributed by atoms with van der Waals surface area (Å²) in [4.78, 5) is 20.8. The van der Waals surface area contributed by atoms with Crippen molar-refractivity contribution in [2.24, 2.45) is 0 Å². The molecule has 64 valence electrons. The molecule has 0 aromatic carbocycles. The molecule has 5 heteroatoms. The second-order valence-corrected chi connectivity index (χ2v) is 2.06. The highest BCUT2D eigenvalue weighted by molar-refractivity contribution is 6.61. The number of ether oxygens (including phenoxy) is 2. The van der Waals surface area contributed by atoms with Gasteiger partial charge in [-0.3, -0.25) is 0 Å². The molecule has 0 rings (SSSR count). The van der Waals surface area contributed by atoms with Crippen molar-refractivity contribution in [1.82, 2.24) is 0 Å². The maximum atomic E-state index is 10.7. The van der Waals surface area contributed by atoms with Crippen molar-refractivity contribution in [3.8, 4) is 0 Å². The number of rotatable bonds is 3. The summed E-state index contributed by atoms with van der Waals surface area (Å²) in [7, 11) is 0. The molecule has 1 atom stereocenters. The molecule has 11 heavy (non-hydrogen) atoms. The first kappa shape index (κ1) is 10.2. The Morgan fingerprint density at radius 3 is 2.45 bits per heavy atom. The Bertz CT molecular complexity index is 157. The van der Waals surface area contributed by atoms with Gasteiger partial charge in [-0.2, -0.15) is 0 Å². The fraction of sp³-hybridized carbons (Fsp3) is 0.667. The lowest BCUT2D eigenvalue weighted by atomic mass is 10.4. The minimum atomic E-state index is -1.01. The van der Waals surface area contributed by atoms with Gasteiger partial charge in [0.2, 0.25) is 0 Å². The van der Waals surface area contributed by atoms with E-state index in [1.165, 1.54) is 6.92 Å². The van der Waals surface area contributed by atoms with Crippen molar-refractivity contribution >= 4 is 23.0 Å². The molecule has 0 bridgehead atoms. The molecule has 0 aliphatic rings. The molecule has 0 amide bonds. The first-order valence-electron chi connectivity index (χ1n) is 3.10. The summed E-state index contributed by atoms with van der Waals surface area (Å²) in [6.45, 7) is 3.30. The Labute approximate surface area is 69.4 Å². The molecule has 0 aromatic heterocycles. The number of hydrogen-bond acceptors (Lipinski definition) is 4. The van der Waals surface area contributed by atoms with Crippen LogP contribution in [-0.2, 0) is 14.3 Å². The third kappa shape index (κ3) is 4.61. The summed E-state index contributed by atoms with van der Waals surface area (Å²) in [5, 5.41) is 0. The van der Waals surface area contributed by atoms with Crippen LogP contribution < -0.4 is 0 Å². The predicted molar refractivity (Wildman–Crippen MR) is 38.4 cm³/mol. The normalized spacial score (nSPS) is 11.9. The number of carbonyl (C=O) groups is 2. The third-order valence-corrected chi connectivity index (χ3v) is 0.977. The highest BCUT2D eigenvalue weighted by Gasteiger charge is 2.16. The van der Waals surface area contributed by atoms with E-state index in [0.29, 0.717) is 0 Å². The fourth-order valence-corrected chi connectivity index (χ4v) is 0.580. The van der Waals surface area contributed by atoms with Crippen LogP contribution in [0.5, 0.6) is 0 Å². The summed E-state index contributed by atoms with van der Waals surface area (Å²) in [6, 6.07) is 0. The first-order chi connectivity index (χ1) is 5.07. The average molecular weight is 181 g/mol. The van der Waals surface area contributed by atoms with Gasteiger partial charge >= 0.3 is 11.4 Å². The molecule has 0 aliphatic carbocycles. The van der Waals surface area contributed by atoms with Crippen molar-refractivity contribution in [2.45, 2.75) is 20.0 Å². The van der Waals surface area contributed by atoms with Gasteiger partial charge in [-0.05, 0) is 13.8 Å². The van der Waals surface area contributed by atoms with Crippen LogP contribution in [0.2, 0.25) is 0 Å². The second-order valence-electron chi connectivity index (χ2n) is 1.75. The molecule has 0 radical (unpaired) electrons. The minimum absolute atomic E-state index is 0.253. The number of carbonyl (C=O) groups excluding carboxylic acids is 2. The molecular weight excluding hydrogens is 172 g/mol. The van der Waals surface area contributed by atoms with Gasteiger partial charge in [0.15, 0.2) is 6.10 Å². The van der Waals surface area contributed by atoms with Crippen molar-refractivity contribution < 1.29 is 19.1 Å². The maximum Gasteiger partial charge on any atom is 0.404 e. The third-order valence-electron chi connectivity index (χ3n) is 0.888. The van der Waals surface area contributed by atoms with Crippen LogP contribution in [-0.4, -0.2) is 24.1 Å². The summed E-state index contributed by atoms with van der Waals surface area (Å²) in [6.07, 6.45) is -0.931. The van der Waals surface area contributed by atoms with Crippen LogP contribution in [0.3, 0.4) is 0 Å². The minimum Gasteiger partial charge on any atom is -0.463 e. The Morgan fingerprint density at radius 2 is 2.09 bits per heavy atom. The highest BCUT2D eigenvalue weighted by atomic mass is 35.5. The van der Waals surface area contributed by atoms with E-state index in [9.17, 15) is 9.59 Å². The van der Waals surface area contributed by atoms with Gasteiger partial charge in [0.1, 0.15) is 0 Å². The van der Waals surface area contributed by atoms with Gasteiger partial charge < -0.3 is 9.47 Å². The smallest absolute Gasteiger partial charge is 0.404 e. The zero-order valence-corrected chi connectivity index (χ0v) is 7.05. The van der Waals surface area contributed by atoms with Gasteiger partial charge in [0, 0.05) is 11.6 Å². The molecule has 0 heterocycles. The largest absolute Gasteiger partial charge is 0.463 e. The van der Waals surface area contributed by atoms with E-state index in [4.69, 9.17) is 11.6 Å². The van der Waals surface area contributed by atoms with E-state index in [1.54, 1.807) is 6.92 Å². The lowest BCUT2D eigenvalue weighted by molar-refractivity contribution is -0.151. The first-order valence-corrected chi connectivity index (χ1v) is 3.48. The van der Waals surface area contributed by atoms with Crippen LogP contribution in [0.15, 0.2) is 0 Å². The number of halogens is 1. The van der Waals surface area contributed by atoms with E-state index in [1.807, 2.05) is 0 Å². The zero-order chi connectivity index (χ0) is 8.85. The summed E-state index contributed by atoms with van der Waals surface area (Å²) in [5.41, 5.74) is -1.01. The average Bonchev–Trinajstić information content (AvgIpc) is 1.86. The topological polar surface area (TPSA) is 52.6 Å². The highest BCUT2D eigenvalue weighted by Crippen LogP contribution is 1.98. The fourth-order valence-electron chi connectivity index (χ4n) is 0.447. The standard InChI is InChI=1S/C6H9ClO4/c1-3-10-5(8)4(2)11-6(7)9/h4H,3H2,1-2H3. The predicted octanol–water partition coefficient (Wildman–Crippen LogP) is 1.31. The van der Waals surface area contributed by atoms with Gasteiger partial charge in [-0.15, -0.1) is 0 Å². The van der Waals surface area contributed by atoms with Gasteiger partial charge in [0.05, 0.1) is 6.61 Å². The number of hydrogen-bond donors (Lipinski definition) is 0. The molecule has 1 unspecified atom stereocenters. The Morgan fingerprint density at radius 1 is 1.55 bits per heavy atom. The van der Waals surface area contributed by atoms with E-state index >= 15 is 0 Å². The lowest BCUT2D eigenvalue weighted by Gasteiger charge is -2.08. The van der Waals surface area contributed by atoms with Crippen LogP contribution in [0.1, 0.15) is 13.8 Å². The van der Waals surface area contributed by atoms with E-state index in [-0.39, 0.29) is 6.61 Å². The zero-order valence-electron chi connectivity index (χ0n) is 6.30. The molecule has 0 aromatic rings. The molecule has 0 saturated carbocycles. The van der Waals surface area contributed by atoms with Gasteiger partial charge in [0.25, 0.3) is 0 Å². The Kier molecular flexibility index (Phi) is 4.61. The van der Waals surface area contributed by atoms with E-state index in [0.717, 1.165) is 0 Å². The van der Waals surface area contributed by atoms with Gasteiger partial charge in [-0.25, -0.2) is 9.59 Å². The molecule has 0 saturated heterocycles. The van der Waals surface area contributed by atoms with Crippen LogP contribution in [0.25, 0.3) is 0 Å². The monoisotopic (exact) mass is 180 g/mol. The maximum absolute atomic E-state index is 10.7. The summed E-state index contributed by atoms with van der Waals surface area (Å²) >= 11 is 4.85. The molecule has 0 N–H and O–H groups in total. The quantitative estimate of drug-likeness (QED) is 0.486. The van der Waals surface area contributed by atoms with Crippen molar-refractivity contribution in [3.05, 3.63) is 0 Å². The van der Waals surface area contributed by atoms with E-state index in [2.05, 4.69) is 9.47 Å². The molecule has 0 fully saturated rings. The van der Waals surface area contributed by atoms with Crippen LogP contribution >= 0.6 is 11.6 Å². The molecule has 4 nitrogen and oxygen atoms in total. The summed E-state index contributed by atoms with van der Waals surface area (Å²) < 4.78 is 8.85.